The molecule has 2 aromatic carbocycles. The van der Waals surface area contributed by atoms with Crippen LogP contribution in [-0.2, 0) is 0 Å². The Balaban J connectivity index is 2.25. The number of nitrogens with two attached hydrogens (primary N) is 2. The Labute approximate surface area is 96.3 Å². The number of benzene rings is 2. The largest absolute Gasteiger partial charge is 0.330 e. The molecule has 0 saturated carbocycles. The van der Waals surface area contributed by atoms with Gasteiger partial charge in [0, 0.05) is 6.04 Å². The van der Waals surface area contributed by atoms with Gasteiger partial charge in [0.1, 0.15) is 0 Å². The van der Waals surface area contributed by atoms with Crippen LogP contribution in [0.1, 0.15) is 24.4 Å². The molecule has 0 aliphatic carbocycles. The number of hydrogen-bond donors (Lipinski definition) is 2. The molecule has 16 heavy (non-hydrogen) atoms. The maximum absolute atomic E-state index is 6.12. The first-order chi connectivity index (χ1) is 7.81. The first kappa shape index (κ1) is 11.1. The highest BCUT2D eigenvalue weighted by molar-refractivity contribution is 5.83. The average molecular weight is 214 g/mol. The van der Waals surface area contributed by atoms with E-state index in [1.807, 2.05) is 0 Å². The molecule has 0 spiro atoms. The van der Waals surface area contributed by atoms with E-state index in [-0.39, 0.29) is 6.04 Å². The molecule has 2 nitrogen and oxygen atoms in total. The molecule has 0 radical (unpaired) electrons. The first-order valence-electron chi connectivity index (χ1n) is 5.75. The lowest BCUT2D eigenvalue weighted by Crippen LogP contribution is -2.12. The van der Waals surface area contributed by atoms with Crippen LogP contribution in [0, 0.1) is 0 Å². The van der Waals surface area contributed by atoms with Gasteiger partial charge in [0.05, 0.1) is 0 Å². The van der Waals surface area contributed by atoms with E-state index in [1.54, 1.807) is 0 Å². The SMILES string of the molecule is NCCC[C@H](N)c1ccc2ccccc2c1. The van der Waals surface area contributed by atoms with Gasteiger partial charge in [-0.1, -0.05) is 36.4 Å². The van der Waals surface area contributed by atoms with Gasteiger partial charge in [-0.2, -0.15) is 0 Å². The van der Waals surface area contributed by atoms with E-state index in [4.69, 9.17) is 11.5 Å². The van der Waals surface area contributed by atoms with E-state index >= 15 is 0 Å². The van der Waals surface area contributed by atoms with Crippen molar-refractivity contribution in [2.24, 2.45) is 11.5 Å². The Morgan fingerprint density at radius 3 is 2.50 bits per heavy atom. The zero-order chi connectivity index (χ0) is 11.4. The standard InChI is InChI=1S/C14H18N2/c15-9-3-6-14(16)13-8-7-11-4-1-2-5-12(11)10-13/h1-2,4-5,7-8,10,14H,3,6,9,15-16H2/t14-/m0/s1. The van der Waals surface area contributed by atoms with Crippen LogP contribution < -0.4 is 11.5 Å². The van der Waals surface area contributed by atoms with Gasteiger partial charge in [-0.3, -0.25) is 0 Å². The second kappa shape index (κ2) is 5.10. The molecule has 84 valence electrons. The molecule has 0 saturated heterocycles. The molecule has 2 rings (SSSR count). The lowest BCUT2D eigenvalue weighted by atomic mass is 9.99. The van der Waals surface area contributed by atoms with Crippen molar-refractivity contribution in [2.45, 2.75) is 18.9 Å². The van der Waals surface area contributed by atoms with Gasteiger partial charge in [-0.15, -0.1) is 0 Å². The Morgan fingerprint density at radius 2 is 1.75 bits per heavy atom. The van der Waals surface area contributed by atoms with Crippen molar-refractivity contribution in [2.75, 3.05) is 6.54 Å². The fourth-order valence-electron chi connectivity index (χ4n) is 1.94. The molecule has 4 N–H and O–H groups in total. The van der Waals surface area contributed by atoms with Crippen molar-refractivity contribution in [3.8, 4) is 0 Å². The third-order valence-corrected chi connectivity index (χ3v) is 2.92. The van der Waals surface area contributed by atoms with E-state index in [1.165, 1.54) is 16.3 Å². The summed E-state index contributed by atoms with van der Waals surface area (Å²) in [5.41, 5.74) is 12.8. The smallest absolute Gasteiger partial charge is 0.0295 e. The van der Waals surface area contributed by atoms with Crippen LogP contribution in [0.2, 0.25) is 0 Å². The van der Waals surface area contributed by atoms with E-state index in [9.17, 15) is 0 Å². The third kappa shape index (κ3) is 2.40. The highest BCUT2D eigenvalue weighted by Gasteiger charge is 2.05. The maximum Gasteiger partial charge on any atom is 0.0295 e. The minimum atomic E-state index is 0.105. The molecule has 0 aliphatic rings. The minimum Gasteiger partial charge on any atom is -0.330 e. The fourth-order valence-corrected chi connectivity index (χ4v) is 1.94. The monoisotopic (exact) mass is 214 g/mol. The fraction of sp³-hybridized carbons (Fsp3) is 0.286. The Morgan fingerprint density at radius 1 is 1.00 bits per heavy atom. The number of rotatable bonds is 4. The zero-order valence-corrected chi connectivity index (χ0v) is 9.39. The summed E-state index contributed by atoms with van der Waals surface area (Å²) in [5, 5.41) is 2.51. The van der Waals surface area contributed by atoms with Gasteiger partial charge < -0.3 is 11.5 Å². The van der Waals surface area contributed by atoms with Crippen molar-refractivity contribution in [1.29, 1.82) is 0 Å². The summed E-state index contributed by atoms with van der Waals surface area (Å²) in [5.74, 6) is 0. The van der Waals surface area contributed by atoms with Crippen molar-refractivity contribution in [1.82, 2.24) is 0 Å². The number of fused-ring (bicyclic) bond motifs is 1. The summed E-state index contributed by atoms with van der Waals surface area (Å²) in [6.07, 6.45) is 1.93. The van der Waals surface area contributed by atoms with Gasteiger partial charge >= 0.3 is 0 Å². The van der Waals surface area contributed by atoms with E-state index in [0.717, 1.165) is 12.8 Å². The lowest BCUT2D eigenvalue weighted by molar-refractivity contribution is 0.618. The van der Waals surface area contributed by atoms with Crippen LogP contribution in [0.15, 0.2) is 42.5 Å². The molecule has 0 heterocycles. The molecule has 0 unspecified atom stereocenters. The lowest BCUT2D eigenvalue weighted by Gasteiger charge is -2.12. The molecule has 0 bridgehead atoms. The second-order valence-electron chi connectivity index (χ2n) is 4.14. The zero-order valence-electron chi connectivity index (χ0n) is 9.39. The highest BCUT2D eigenvalue weighted by atomic mass is 14.6. The van der Waals surface area contributed by atoms with E-state index in [2.05, 4.69) is 42.5 Å². The van der Waals surface area contributed by atoms with Crippen LogP contribution in [0.5, 0.6) is 0 Å². The molecule has 0 amide bonds. The van der Waals surface area contributed by atoms with Crippen LogP contribution in [0.4, 0.5) is 0 Å². The van der Waals surface area contributed by atoms with Gasteiger partial charge in [-0.05, 0) is 41.8 Å². The Hall–Kier alpha value is -1.38. The molecular formula is C14H18N2. The van der Waals surface area contributed by atoms with Crippen molar-refractivity contribution in [3.05, 3.63) is 48.0 Å². The summed E-state index contributed by atoms with van der Waals surface area (Å²) in [6.45, 7) is 0.710. The van der Waals surface area contributed by atoms with Crippen LogP contribution in [-0.4, -0.2) is 6.54 Å². The first-order valence-corrected chi connectivity index (χ1v) is 5.75. The van der Waals surface area contributed by atoms with Gasteiger partial charge in [0.2, 0.25) is 0 Å². The molecular weight excluding hydrogens is 196 g/mol. The van der Waals surface area contributed by atoms with Gasteiger partial charge in [0.15, 0.2) is 0 Å². The summed E-state index contributed by atoms with van der Waals surface area (Å²) in [4.78, 5) is 0. The topological polar surface area (TPSA) is 52.0 Å². The average Bonchev–Trinajstić information content (AvgIpc) is 2.35. The third-order valence-electron chi connectivity index (χ3n) is 2.92. The molecule has 2 aromatic rings. The van der Waals surface area contributed by atoms with Crippen LogP contribution in [0.3, 0.4) is 0 Å². The molecule has 1 atom stereocenters. The minimum absolute atomic E-state index is 0.105. The van der Waals surface area contributed by atoms with E-state index in [0.29, 0.717) is 6.54 Å². The van der Waals surface area contributed by atoms with Gasteiger partial charge in [-0.25, -0.2) is 0 Å². The highest BCUT2D eigenvalue weighted by Crippen LogP contribution is 2.21. The van der Waals surface area contributed by atoms with Crippen LogP contribution in [0.25, 0.3) is 10.8 Å². The Bertz CT molecular complexity index is 465. The quantitative estimate of drug-likeness (QED) is 0.822. The molecule has 2 heteroatoms. The summed E-state index contributed by atoms with van der Waals surface area (Å²) < 4.78 is 0. The molecule has 0 fully saturated rings. The summed E-state index contributed by atoms with van der Waals surface area (Å²) in [6, 6.07) is 14.9. The predicted octanol–water partition coefficient (Wildman–Crippen LogP) is 2.58. The molecule has 0 aromatic heterocycles. The summed E-state index contributed by atoms with van der Waals surface area (Å²) >= 11 is 0. The second-order valence-corrected chi connectivity index (χ2v) is 4.14. The van der Waals surface area contributed by atoms with Crippen molar-refractivity contribution in [3.63, 3.8) is 0 Å². The van der Waals surface area contributed by atoms with Crippen LogP contribution >= 0.6 is 0 Å². The maximum atomic E-state index is 6.12. The summed E-state index contributed by atoms with van der Waals surface area (Å²) in [7, 11) is 0. The predicted molar refractivity (Wildman–Crippen MR) is 69.2 cm³/mol. The van der Waals surface area contributed by atoms with Crippen molar-refractivity contribution >= 4 is 10.8 Å². The van der Waals surface area contributed by atoms with Crippen molar-refractivity contribution < 1.29 is 0 Å². The van der Waals surface area contributed by atoms with E-state index < -0.39 is 0 Å². The molecule has 0 aliphatic heterocycles. The normalized spacial score (nSPS) is 12.9. The van der Waals surface area contributed by atoms with Gasteiger partial charge in [0.25, 0.3) is 0 Å². The Kier molecular flexibility index (Phi) is 3.54. The number of hydrogen-bond acceptors (Lipinski definition) is 2.